The van der Waals surface area contributed by atoms with Crippen molar-refractivity contribution in [3.63, 3.8) is 0 Å². The maximum absolute atomic E-state index is 12.4. The molecule has 8 heteroatoms. The van der Waals surface area contributed by atoms with Crippen LogP contribution in [-0.2, 0) is 9.53 Å². The van der Waals surface area contributed by atoms with Crippen LogP contribution >= 0.6 is 0 Å². The second-order valence-corrected chi connectivity index (χ2v) is 7.01. The van der Waals surface area contributed by atoms with Gasteiger partial charge in [-0.3, -0.25) is 4.79 Å². The lowest BCUT2D eigenvalue weighted by Gasteiger charge is -2.14. The first-order valence-corrected chi connectivity index (χ1v) is 9.65. The number of carbonyl (C=O) groups is 2. The number of aromatic nitrogens is 3. The van der Waals surface area contributed by atoms with Crippen LogP contribution in [0.4, 0.5) is 5.82 Å². The Morgan fingerprint density at radius 2 is 1.97 bits per heavy atom. The number of hydrogen-bond donors (Lipinski definition) is 1. The normalized spacial score (nSPS) is 14.1. The lowest BCUT2D eigenvalue weighted by atomic mass is 10.2. The van der Waals surface area contributed by atoms with Crippen LogP contribution in [0.5, 0.6) is 0 Å². The molecule has 4 rings (SSSR count). The molecule has 150 valence electrons. The zero-order valence-corrected chi connectivity index (χ0v) is 16.1. The number of amides is 1. The summed E-state index contributed by atoms with van der Waals surface area (Å²) in [6.45, 7) is 1.22. The predicted molar refractivity (Wildman–Crippen MR) is 105 cm³/mol. The molecule has 0 unspecified atom stereocenters. The summed E-state index contributed by atoms with van der Waals surface area (Å²) in [6.07, 6.45) is 6.09. The minimum absolute atomic E-state index is 0.0626. The third kappa shape index (κ3) is 4.21. The van der Waals surface area contributed by atoms with Crippen molar-refractivity contribution in [2.75, 3.05) is 11.9 Å². The number of hydrogen-bond acceptors (Lipinski definition) is 6. The van der Waals surface area contributed by atoms with Crippen molar-refractivity contribution in [2.45, 2.75) is 38.6 Å². The zero-order chi connectivity index (χ0) is 20.2. The number of ether oxygens (including phenoxy) is 1. The summed E-state index contributed by atoms with van der Waals surface area (Å²) in [5.74, 6) is 0.158. The molecule has 1 aliphatic rings. The first-order chi connectivity index (χ1) is 14.1. The maximum Gasteiger partial charge on any atom is 0.361 e. The molecule has 29 heavy (non-hydrogen) atoms. The topological polar surface area (TPSA) is 99.2 Å². The molecule has 2 heterocycles. The van der Waals surface area contributed by atoms with Crippen LogP contribution in [0.25, 0.3) is 11.5 Å². The molecular formula is C21H22N4O4. The Labute approximate surface area is 167 Å². The molecule has 8 nitrogen and oxygen atoms in total. The van der Waals surface area contributed by atoms with E-state index in [9.17, 15) is 9.59 Å². The van der Waals surface area contributed by atoms with Gasteiger partial charge in [0, 0.05) is 11.6 Å². The van der Waals surface area contributed by atoms with Crippen LogP contribution < -0.4 is 5.32 Å². The number of nitrogens with one attached hydrogen (secondary N) is 1. The van der Waals surface area contributed by atoms with Crippen molar-refractivity contribution in [1.82, 2.24) is 14.8 Å². The van der Waals surface area contributed by atoms with Gasteiger partial charge in [0.2, 0.25) is 5.89 Å². The Morgan fingerprint density at radius 3 is 2.72 bits per heavy atom. The van der Waals surface area contributed by atoms with Gasteiger partial charge >= 0.3 is 5.97 Å². The molecular weight excluding hydrogens is 372 g/mol. The van der Waals surface area contributed by atoms with E-state index >= 15 is 0 Å². The van der Waals surface area contributed by atoms with Crippen molar-refractivity contribution in [1.29, 1.82) is 0 Å². The number of rotatable bonds is 6. The fraction of sp³-hybridized carbons (Fsp3) is 0.333. The molecule has 0 aliphatic heterocycles. The predicted octanol–water partition coefficient (Wildman–Crippen LogP) is 3.76. The van der Waals surface area contributed by atoms with E-state index in [2.05, 4.69) is 15.4 Å². The van der Waals surface area contributed by atoms with Gasteiger partial charge in [-0.25, -0.2) is 14.5 Å². The average molecular weight is 394 g/mol. The van der Waals surface area contributed by atoms with E-state index in [1.54, 1.807) is 19.2 Å². The number of carbonyl (C=O) groups excluding carboxylic acids is 2. The lowest BCUT2D eigenvalue weighted by molar-refractivity contribution is -0.119. The Morgan fingerprint density at radius 1 is 1.21 bits per heavy atom. The lowest BCUT2D eigenvalue weighted by Crippen LogP contribution is -2.23. The quantitative estimate of drug-likeness (QED) is 0.639. The first kappa shape index (κ1) is 18.9. The van der Waals surface area contributed by atoms with Crippen LogP contribution in [0.3, 0.4) is 0 Å². The van der Waals surface area contributed by atoms with E-state index in [0.717, 1.165) is 31.2 Å². The minimum Gasteiger partial charge on any atom is -0.451 e. The molecule has 2 aromatic heterocycles. The smallest absolute Gasteiger partial charge is 0.361 e. The molecule has 0 atom stereocenters. The molecule has 1 N–H and O–H groups in total. The maximum atomic E-state index is 12.4. The number of esters is 1. The van der Waals surface area contributed by atoms with Crippen LogP contribution in [-0.4, -0.2) is 33.2 Å². The van der Waals surface area contributed by atoms with Crippen molar-refractivity contribution in [3.05, 3.63) is 54.0 Å². The Hall–Kier alpha value is -3.42. The molecule has 0 bridgehead atoms. The van der Waals surface area contributed by atoms with Gasteiger partial charge < -0.3 is 14.5 Å². The van der Waals surface area contributed by atoms with Gasteiger partial charge in [0.25, 0.3) is 5.91 Å². The highest BCUT2D eigenvalue weighted by Gasteiger charge is 2.22. The molecule has 0 spiro atoms. The van der Waals surface area contributed by atoms with E-state index in [0.29, 0.717) is 23.5 Å². The van der Waals surface area contributed by atoms with Crippen LogP contribution in [0.1, 0.15) is 48.0 Å². The summed E-state index contributed by atoms with van der Waals surface area (Å²) in [5, 5.41) is 7.07. The number of oxazole rings is 1. The largest absolute Gasteiger partial charge is 0.451 e. The van der Waals surface area contributed by atoms with Gasteiger partial charge in [-0.2, -0.15) is 5.10 Å². The number of anilines is 1. The summed E-state index contributed by atoms with van der Waals surface area (Å²) in [7, 11) is 0. The van der Waals surface area contributed by atoms with Gasteiger partial charge in [-0.05, 0) is 31.9 Å². The second-order valence-electron chi connectivity index (χ2n) is 7.01. The Kier molecular flexibility index (Phi) is 5.41. The Balaban J connectivity index is 1.36. The van der Waals surface area contributed by atoms with E-state index in [4.69, 9.17) is 9.15 Å². The summed E-state index contributed by atoms with van der Waals surface area (Å²) >= 11 is 0. The van der Waals surface area contributed by atoms with Crippen LogP contribution in [0, 0.1) is 6.92 Å². The summed E-state index contributed by atoms with van der Waals surface area (Å²) < 4.78 is 12.5. The monoisotopic (exact) mass is 394 g/mol. The van der Waals surface area contributed by atoms with Crippen molar-refractivity contribution >= 4 is 17.7 Å². The summed E-state index contributed by atoms with van der Waals surface area (Å²) in [5.41, 5.74) is 0.820. The van der Waals surface area contributed by atoms with E-state index < -0.39 is 18.5 Å². The molecule has 1 amide bonds. The summed E-state index contributed by atoms with van der Waals surface area (Å²) in [6, 6.07) is 11.3. The van der Waals surface area contributed by atoms with E-state index in [1.807, 2.05) is 35.0 Å². The second kappa shape index (κ2) is 8.30. The number of benzene rings is 1. The highest BCUT2D eigenvalue weighted by molar-refractivity contribution is 5.94. The fourth-order valence-corrected chi connectivity index (χ4v) is 3.52. The molecule has 0 radical (unpaired) electrons. The van der Waals surface area contributed by atoms with Crippen LogP contribution in [0.15, 0.2) is 47.0 Å². The van der Waals surface area contributed by atoms with Crippen LogP contribution in [0.2, 0.25) is 0 Å². The number of aryl methyl sites for hydroxylation is 1. The van der Waals surface area contributed by atoms with Gasteiger partial charge in [0.05, 0.1) is 12.2 Å². The van der Waals surface area contributed by atoms with Gasteiger partial charge in [0.15, 0.2) is 12.3 Å². The molecule has 1 saturated carbocycles. The third-order valence-electron chi connectivity index (χ3n) is 4.95. The van der Waals surface area contributed by atoms with Crippen molar-refractivity contribution < 1.29 is 18.7 Å². The SMILES string of the molecule is Cc1oc(-c2ccccc2)nc1C(=O)OCC(=O)Nc1ccnn1C1CCCC1. The van der Waals surface area contributed by atoms with Crippen molar-refractivity contribution in [3.8, 4) is 11.5 Å². The molecule has 1 aliphatic carbocycles. The fourth-order valence-electron chi connectivity index (χ4n) is 3.52. The number of nitrogens with zero attached hydrogens (tertiary/aromatic N) is 3. The van der Waals surface area contributed by atoms with E-state index in [1.165, 1.54) is 0 Å². The molecule has 0 saturated heterocycles. The van der Waals surface area contributed by atoms with Crippen molar-refractivity contribution in [2.24, 2.45) is 0 Å². The highest BCUT2D eigenvalue weighted by Crippen LogP contribution is 2.31. The third-order valence-corrected chi connectivity index (χ3v) is 4.95. The average Bonchev–Trinajstić information content (AvgIpc) is 3.47. The highest BCUT2D eigenvalue weighted by atomic mass is 16.5. The summed E-state index contributed by atoms with van der Waals surface area (Å²) in [4.78, 5) is 28.8. The first-order valence-electron chi connectivity index (χ1n) is 9.65. The standard InChI is InChI=1S/C21H22N4O4/c1-14-19(24-20(29-14)15-7-3-2-4-8-15)21(27)28-13-18(26)23-17-11-12-22-25(17)16-9-5-6-10-16/h2-4,7-8,11-12,16H,5-6,9-10,13H2,1H3,(H,23,26). The van der Waals surface area contributed by atoms with Gasteiger partial charge in [0.1, 0.15) is 11.6 Å². The Bertz CT molecular complexity index is 1000. The minimum atomic E-state index is -0.701. The van der Waals surface area contributed by atoms with Gasteiger partial charge in [-0.15, -0.1) is 0 Å². The zero-order valence-electron chi connectivity index (χ0n) is 16.1. The van der Waals surface area contributed by atoms with E-state index in [-0.39, 0.29) is 5.69 Å². The molecule has 1 aromatic carbocycles. The molecule has 1 fully saturated rings. The van der Waals surface area contributed by atoms with Gasteiger partial charge in [-0.1, -0.05) is 31.0 Å². The molecule has 3 aromatic rings.